The van der Waals surface area contributed by atoms with E-state index in [0.29, 0.717) is 11.3 Å². The smallest absolute Gasteiger partial charge is 0.307 e. The summed E-state index contributed by atoms with van der Waals surface area (Å²) in [6.45, 7) is 7.31. The first-order chi connectivity index (χ1) is 19.1. The van der Waals surface area contributed by atoms with Crippen LogP contribution in [0.3, 0.4) is 0 Å². The van der Waals surface area contributed by atoms with E-state index in [1.165, 1.54) is 23.5 Å². The summed E-state index contributed by atoms with van der Waals surface area (Å²) in [6.07, 6.45) is 5.04. The van der Waals surface area contributed by atoms with Gasteiger partial charge in [-0.15, -0.1) is 0 Å². The highest BCUT2D eigenvalue weighted by atomic mass is 16.6. The maximum Gasteiger partial charge on any atom is 0.307 e. The molecule has 0 saturated carbocycles. The van der Waals surface area contributed by atoms with Crippen LogP contribution in [-0.4, -0.2) is 35.8 Å². The number of hydrogen-bond acceptors (Lipinski definition) is 6. The van der Waals surface area contributed by atoms with Gasteiger partial charge >= 0.3 is 11.9 Å². The van der Waals surface area contributed by atoms with Crippen molar-refractivity contribution in [3.8, 4) is 0 Å². The van der Waals surface area contributed by atoms with Crippen LogP contribution in [-0.2, 0) is 23.9 Å². The summed E-state index contributed by atoms with van der Waals surface area (Å²) in [6, 6.07) is 17.6. The van der Waals surface area contributed by atoms with Crippen molar-refractivity contribution in [2.75, 3.05) is 4.90 Å². The standard InChI is InChI=1S/C33H35NO6/c1-22(2)12-11-13-23(3)18-30-33(21-31(37)40-30)20-28(39-24(4)35)27(19-29(33)36)34(26-16-9-6-10-17-26)32(38)25-14-7-5-8-15-25/h5-10,12,14-19,28,30H,11,13,20-21H2,1-4H3/b23-18+/t28-,30+,33?/m0/s1. The van der Waals surface area contributed by atoms with Gasteiger partial charge in [0.2, 0.25) is 0 Å². The number of nitrogens with zero attached hydrogens (tertiary/aromatic N) is 1. The van der Waals surface area contributed by atoms with Crippen LogP contribution < -0.4 is 4.90 Å². The molecule has 7 nitrogen and oxygen atoms in total. The number of esters is 2. The van der Waals surface area contributed by atoms with Crippen LogP contribution in [0.2, 0.25) is 0 Å². The van der Waals surface area contributed by atoms with Crippen LogP contribution in [0.5, 0.6) is 0 Å². The van der Waals surface area contributed by atoms with Gasteiger partial charge in [0.25, 0.3) is 5.91 Å². The SMILES string of the molecule is CC(=O)O[C@H]1CC2(CC(=O)O[C@@H]2/C=C(\C)CCC=C(C)C)C(=O)C=C1N(C(=O)c1ccccc1)c1ccccc1. The molecule has 1 unspecified atom stereocenters. The van der Waals surface area contributed by atoms with E-state index in [1.54, 1.807) is 48.5 Å². The quantitative estimate of drug-likeness (QED) is 0.296. The summed E-state index contributed by atoms with van der Waals surface area (Å²) in [4.78, 5) is 54.1. The lowest BCUT2D eigenvalue weighted by Gasteiger charge is -2.40. The second-order valence-corrected chi connectivity index (χ2v) is 10.7. The van der Waals surface area contributed by atoms with Gasteiger partial charge < -0.3 is 9.47 Å². The molecule has 4 rings (SSSR count). The maximum absolute atomic E-state index is 14.0. The minimum atomic E-state index is -1.24. The lowest BCUT2D eigenvalue weighted by molar-refractivity contribution is -0.149. The largest absolute Gasteiger partial charge is 0.457 e. The Kier molecular flexibility index (Phi) is 8.83. The molecule has 2 aliphatic rings. The summed E-state index contributed by atoms with van der Waals surface area (Å²) in [7, 11) is 0. The molecule has 7 heteroatoms. The van der Waals surface area contributed by atoms with Gasteiger partial charge in [-0.3, -0.25) is 24.1 Å². The van der Waals surface area contributed by atoms with Crippen molar-refractivity contribution in [3.05, 3.63) is 101 Å². The molecule has 0 N–H and O–H groups in total. The van der Waals surface area contributed by atoms with Crippen LogP contribution in [0.25, 0.3) is 0 Å². The summed E-state index contributed by atoms with van der Waals surface area (Å²) in [5.74, 6) is -1.75. The second-order valence-electron chi connectivity index (χ2n) is 10.7. The fourth-order valence-corrected chi connectivity index (χ4v) is 5.28. The van der Waals surface area contributed by atoms with Gasteiger partial charge in [-0.25, -0.2) is 0 Å². The molecule has 0 bridgehead atoms. The topological polar surface area (TPSA) is 90.0 Å². The molecular formula is C33H35NO6. The number of rotatable bonds is 8. The highest BCUT2D eigenvalue weighted by Gasteiger charge is 2.57. The van der Waals surface area contributed by atoms with Gasteiger partial charge in [0.15, 0.2) is 5.78 Å². The predicted molar refractivity (Wildman–Crippen MR) is 152 cm³/mol. The van der Waals surface area contributed by atoms with Crippen molar-refractivity contribution in [2.45, 2.75) is 65.6 Å². The molecule has 40 heavy (non-hydrogen) atoms. The Morgan fingerprint density at radius 3 is 2.27 bits per heavy atom. The number of ether oxygens (including phenoxy) is 2. The molecule has 3 atom stereocenters. The Labute approximate surface area is 235 Å². The van der Waals surface area contributed by atoms with Crippen molar-refractivity contribution in [1.82, 2.24) is 0 Å². The Hall–Kier alpha value is -4.26. The molecule has 1 spiro atoms. The Bertz CT molecular complexity index is 1370. The van der Waals surface area contributed by atoms with E-state index in [1.807, 2.05) is 39.0 Å². The fraction of sp³-hybridized carbons (Fsp3) is 0.333. The number of cyclic esters (lactones) is 1. The number of amides is 1. The van der Waals surface area contributed by atoms with Crippen LogP contribution >= 0.6 is 0 Å². The van der Waals surface area contributed by atoms with Gasteiger partial charge in [0.1, 0.15) is 12.2 Å². The molecule has 1 heterocycles. The Morgan fingerprint density at radius 1 is 1.00 bits per heavy atom. The van der Waals surface area contributed by atoms with E-state index < -0.39 is 29.6 Å². The first-order valence-corrected chi connectivity index (χ1v) is 13.5. The molecule has 2 aromatic rings. The molecule has 208 valence electrons. The lowest BCUT2D eigenvalue weighted by Crippen LogP contribution is -2.49. The van der Waals surface area contributed by atoms with Crippen molar-refractivity contribution in [1.29, 1.82) is 0 Å². The average Bonchev–Trinajstić information content (AvgIpc) is 3.22. The summed E-state index contributed by atoms with van der Waals surface area (Å²) in [5, 5.41) is 0. The first-order valence-electron chi connectivity index (χ1n) is 13.5. The molecular weight excluding hydrogens is 506 g/mol. The number of benzene rings is 2. The minimum absolute atomic E-state index is 0.0107. The summed E-state index contributed by atoms with van der Waals surface area (Å²) < 4.78 is 11.4. The second kappa shape index (κ2) is 12.3. The molecule has 1 amide bonds. The van der Waals surface area contributed by atoms with Crippen LogP contribution in [0.4, 0.5) is 5.69 Å². The van der Waals surface area contributed by atoms with Crippen molar-refractivity contribution in [3.63, 3.8) is 0 Å². The zero-order valence-electron chi connectivity index (χ0n) is 23.4. The molecule has 1 saturated heterocycles. The van der Waals surface area contributed by atoms with E-state index in [0.717, 1.165) is 18.4 Å². The number of carbonyl (C=O) groups excluding carboxylic acids is 4. The van der Waals surface area contributed by atoms with Crippen LogP contribution in [0.15, 0.2) is 95.7 Å². The Balaban J connectivity index is 1.78. The molecule has 1 aliphatic heterocycles. The number of anilines is 1. The minimum Gasteiger partial charge on any atom is -0.457 e. The summed E-state index contributed by atoms with van der Waals surface area (Å²) in [5.41, 5.74) is 2.15. The van der Waals surface area contributed by atoms with Crippen molar-refractivity contribution in [2.24, 2.45) is 5.41 Å². The fourth-order valence-electron chi connectivity index (χ4n) is 5.28. The van der Waals surface area contributed by atoms with E-state index in [9.17, 15) is 19.2 Å². The number of ketones is 1. The average molecular weight is 542 g/mol. The molecule has 1 fully saturated rings. The van der Waals surface area contributed by atoms with Gasteiger partial charge in [-0.1, -0.05) is 53.6 Å². The van der Waals surface area contributed by atoms with Crippen molar-refractivity contribution < 1.29 is 28.7 Å². The zero-order valence-corrected chi connectivity index (χ0v) is 23.4. The molecule has 1 aliphatic carbocycles. The molecule has 0 aromatic heterocycles. The predicted octanol–water partition coefficient (Wildman–Crippen LogP) is 6.12. The number of hydrogen-bond donors (Lipinski definition) is 0. The summed E-state index contributed by atoms with van der Waals surface area (Å²) >= 11 is 0. The van der Waals surface area contributed by atoms with Gasteiger partial charge in [0, 0.05) is 30.7 Å². The van der Waals surface area contributed by atoms with E-state index in [-0.39, 0.29) is 30.2 Å². The van der Waals surface area contributed by atoms with E-state index >= 15 is 0 Å². The van der Waals surface area contributed by atoms with Gasteiger partial charge in [0.05, 0.1) is 17.5 Å². The third-order valence-electron chi connectivity index (χ3n) is 7.24. The van der Waals surface area contributed by atoms with E-state index in [4.69, 9.17) is 9.47 Å². The zero-order chi connectivity index (χ0) is 28.9. The maximum atomic E-state index is 14.0. The highest BCUT2D eigenvalue weighted by Crippen LogP contribution is 2.48. The van der Waals surface area contributed by atoms with Crippen LogP contribution in [0, 0.1) is 5.41 Å². The normalized spacial score (nSPS) is 22.4. The Morgan fingerprint density at radius 2 is 1.65 bits per heavy atom. The third-order valence-corrected chi connectivity index (χ3v) is 7.24. The number of allylic oxidation sites excluding steroid dienone is 4. The first kappa shape index (κ1) is 28.7. The van der Waals surface area contributed by atoms with Crippen LogP contribution in [0.1, 0.15) is 63.7 Å². The van der Waals surface area contributed by atoms with Gasteiger partial charge in [-0.05, 0) is 64.0 Å². The third kappa shape index (κ3) is 6.30. The van der Waals surface area contributed by atoms with Crippen molar-refractivity contribution >= 4 is 29.3 Å². The monoisotopic (exact) mass is 541 g/mol. The van der Waals surface area contributed by atoms with Gasteiger partial charge in [-0.2, -0.15) is 0 Å². The number of para-hydroxylation sites is 1. The molecule has 0 radical (unpaired) electrons. The lowest BCUT2D eigenvalue weighted by atomic mass is 9.68. The van der Waals surface area contributed by atoms with E-state index in [2.05, 4.69) is 6.08 Å². The number of carbonyl (C=O) groups is 4. The highest BCUT2D eigenvalue weighted by molar-refractivity contribution is 6.10. The molecule has 2 aromatic carbocycles.